The van der Waals surface area contributed by atoms with Crippen LogP contribution < -0.4 is 0 Å². The van der Waals surface area contributed by atoms with E-state index in [4.69, 9.17) is 4.74 Å². The Morgan fingerprint density at radius 3 is 2.33 bits per heavy atom. The van der Waals surface area contributed by atoms with Gasteiger partial charge in [0.15, 0.2) is 0 Å². The highest BCUT2D eigenvalue weighted by atomic mass is 32.2. The lowest BCUT2D eigenvalue weighted by Gasteiger charge is -2.04. The summed E-state index contributed by atoms with van der Waals surface area (Å²) in [5.74, 6) is 0.695. The van der Waals surface area contributed by atoms with Gasteiger partial charge in [0.05, 0.1) is 23.5 Å². The molecule has 0 saturated carbocycles. The SMILES string of the molecule is C=CSCCCCOC(=O)c1ccc(N=Nc2ccccc2)cc1. The molecule has 0 bridgehead atoms. The highest BCUT2D eigenvalue weighted by molar-refractivity contribution is 8.02. The van der Waals surface area contributed by atoms with Crippen LogP contribution in [0.2, 0.25) is 0 Å². The Kier molecular flexibility index (Phi) is 7.77. The van der Waals surface area contributed by atoms with E-state index in [9.17, 15) is 4.79 Å². The number of benzene rings is 2. The minimum atomic E-state index is -0.307. The standard InChI is InChI=1S/C19H20N2O2S/c1-2-24-15-7-6-14-23-19(22)16-10-12-18(13-11-16)21-20-17-8-4-3-5-9-17/h2-5,8-13H,1,6-7,14-15H2. The van der Waals surface area contributed by atoms with Gasteiger partial charge in [0.25, 0.3) is 0 Å². The number of carbonyl (C=O) groups is 1. The molecule has 0 radical (unpaired) electrons. The van der Waals surface area contributed by atoms with E-state index in [2.05, 4.69) is 16.8 Å². The maximum absolute atomic E-state index is 11.9. The van der Waals surface area contributed by atoms with Gasteiger partial charge in [-0.1, -0.05) is 24.8 Å². The second-order valence-electron chi connectivity index (χ2n) is 4.96. The second kappa shape index (κ2) is 10.4. The molecule has 0 aliphatic heterocycles. The van der Waals surface area contributed by atoms with Crippen molar-refractivity contribution in [2.45, 2.75) is 12.8 Å². The minimum Gasteiger partial charge on any atom is -0.462 e. The molecule has 4 nitrogen and oxygen atoms in total. The Balaban J connectivity index is 1.79. The molecule has 0 aliphatic rings. The van der Waals surface area contributed by atoms with Crippen LogP contribution in [-0.2, 0) is 4.74 Å². The predicted octanol–water partition coefficient (Wildman–Crippen LogP) is 5.92. The molecule has 0 heterocycles. The lowest BCUT2D eigenvalue weighted by molar-refractivity contribution is 0.0500. The average Bonchev–Trinajstić information content (AvgIpc) is 2.64. The van der Waals surface area contributed by atoms with E-state index >= 15 is 0 Å². The molecule has 0 aromatic heterocycles. The molecule has 0 fully saturated rings. The van der Waals surface area contributed by atoms with Gasteiger partial charge in [-0.2, -0.15) is 10.2 Å². The van der Waals surface area contributed by atoms with Crippen LogP contribution in [0.4, 0.5) is 11.4 Å². The summed E-state index contributed by atoms with van der Waals surface area (Å²) in [4.78, 5) is 11.9. The van der Waals surface area contributed by atoms with Gasteiger partial charge in [-0.15, -0.1) is 11.8 Å². The zero-order valence-corrected chi connectivity index (χ0v) is 14.2. The molecule has 124 valence electrons. The van der Waals surface area contributed by atoms with Crippen LogP contribution in [0.5, 0.6) is 0 Å². The van der Waals surface area contributed by atoms with Crippen molar-refractivity contribution in [2.75, 3.05) is 12.4 Å². The molecule has 0 spiro atoms. The monoisotopic (exact) mass is 340 g/mol. The third kappa shape index (κ3) is 6.38. The van der Waals surface area contributed by atoms with Gasteiger partial charge >= 0.3 is 5.97 Å². The number of thioether (sulfide) groups is 1. The van der Waals surface area contributed by atoms with Gasteiger partial charge in [0, 0.05) is 0 Å². The van der Waals surface area contributed by atoms with Crippen LogP contribution in [-0.4, -0.2) is 18.3 Å². The molecule has 2 aromatic rings. The largest absolute Gasteiger partial charge is 0.462 e. The van der Waals surface area contributed by atoms with Crippen molar-refractivity contribution in [1.29, 1.82) is 0 Å². The van der Waals surface area contributed by atoms with Gasteiger partial charge in [-0.3, -0.25) is 0 Å². The summed E-state index contributed by atoms with van der Waals surface area (Å²) in [6, 6.07) is 16.4. The van der Waals surface area contributed by atoms with Crippen molar-refractivity contribution in [2.24, 2.45) is 10.2 Å². The van der Waals surface area contributed by atoms with E-state index < -0.39 is 0 Å². The van der Waals surface area contributed by atoms with E-state index in [1.54, 1.807) is 36.0 Å². The molecule has 0 N–H and O–H groups in total. The minimum absolute atomic E-state index is 0.307. The van der Waals surface area contributed by atoms with Crippen molar-refractivity contribution < 1.29 is 9.53 Å². The van der Waals surface area contributed by atoms with Crippen molar-refractivity contribution in [3.63, 3.8) is 0 Å². The normalized spacial score (nSPS) is 10.7. The summed E-state index contributed by atoms with van der Waals surface area (Å²) in [5.41, 5.74) is 2.00. The van der Waals surface area contributed by atoms with Gasteiger partial charge in [-0.25, -0.2) is 4.79 Å². The molecule has 0 unspecified atom stereocenters. The van der Waals surface area contributed by atoms with Crippen molar-refractivity contribution >= 4 is 29.1 Å². The van der Waals surface area contributed by atoms with Crippen LogP contribution in [0.25, 0.3) is 0 Å². The fourth-order valence-electron chi connectivity index (χ4n) is 1.89. The zero-order chi connectivity index (χ0) is 17.0. The average molecular weight is 340 g/mol. The summed E-state index contributed by atoms with van der Waals surface area (Å²) < 4.78 is 5.25. The molecule has 0 amide bonds. The smallest absolute Gasteiger partial charge is 0.338 e. The number of unbranched alkanes of at least 4 members (excludes halogenated alkanes) is 1. The first-order valence-electron chi connectivity index (χ1n) is 7.76. The molecule has 0 saturated heterocycles. The van der Waals surface area contributed by atoms with Crippen molar-refractivity contribution in [3.8, 4) is 0 Å². The van der Waals surface area contributed by atoms with Crippen molar-refractivity contribution in [3.05, 3.63) is 72.1 Å². The first-order chi connectivity index (χ1) is 11.8. The molecule has 5 heteroatoms. The maximum Gasteiger partial charge on any atom is 0.338 e. The maximum atomic E-state index is 11.9. The van der Waals surface area contributed by atoms with E-state index in [1.165, 1.54) is 0 Å². The Labute approximate surface area is 146 Å². The van der Waals surface area contributed by atoms with Gasteiger partial charge < -0.3 is 4.74 Å². The Hall–Kier alpha value is -2.40. The summed E-state index contributed by atoms with van der Waals surface area (Å²) in [6.45, 7) is 4.08. The number of hydrogen-bond acceptors (Lipinski definition) is 5. The van der Waals surface area contributed by atoms with Gasteiger partial charge in [0.2, 0.25) is 0 Å². The summed E-state index contributed by atoms with van der Waals surface area (Å²) in [7, 11) is 0. The lowest BCUT2D eigenvalue weighted by atomic mass is 10.2. The van der Waals surface area contributed by atoms with E-state index in [-0.39, 0.29) is 5.97 Å². The first kappa shape index (κ1) is 17.9. The topological polar surface area (TPSA) is 51.0 Å². The van der Waals surface area contributed by atoms with Crippen LogP contribution >= 0.6 is 11.8 Å². The fourth-order valence-corrected chi connectivity index (χ4v) is 2.43. The summed E-state index contributed by atoms with van der Waals surface area (Å²) in [6.07, 6.45) is 1.86. The Bertz CT molecular complexity index is 670. The lowest BCUT2D eigenvalue weighted by Crippen LogP contribution is -2.06. The summed E-state index contributed by atoms with van der Waals surface area (Å²) in [5, 5.41) is 10.1. The summed E-state index contributed by atoms with van der Waals surface area (Å²) >= 11 is 1.67. The van der Waals surface area contributed by atoms with Gasteiger partial charge in [0.1, 0.15) is 0 Å². The quantitative estimate of drug-likeness (QED) is 0.323. The number of hydrogen-bond donors (Lipinski definition) is 0. The highest BCUT2D eigenvalue weighted by Gasteiger charge is 2.06. The second-order valence-corrected chi connectivity index (χ2v) is 6.04. The molecule has 0 atom stereocenters. The van der Waals surface area contributed by atoms with Crippen molar-refractivity contribution in [1.82, 2.24) is 0 Å². The van der Waals surface area contributed by atoms with Crippen LogP contribution in [0.3, 0.4) is 0 Å². The van der Waals surface area contributed by atoms with E-state index in [0.717, 1.165) is 24.3 Å². The number of nitrogens with zero attached hydrogens (tertiary/aromatic N) is 2. The number of carbonyl (C=O) groups excluding carboxylic acids is 1. The van der Waals surface area contributed by atoms with E-state index in [1.807, 2.05) is 35.7 Å². The third-order valence-corrected chi connectivity index (χ3v) is 3.91. The van der Waals surface area contributed by atoms with E-state index in [0.29, 0.717) is 17.9 Å². The van der Waals surface area contributed by atoms with Crippen LogP contribution in [0.15, 0.2) is 76.8 Å². The first-order valence-corrected chi connectivity index (χ1v) is 8.81. The third-order valence-electron chi connectivity index (χ3n) is 3.15. The predicted molar refractivity (Wildman–Crippen MR) is 99.2 cm³/mol. The Morgan fingerprint density at radius 1 is 1.00 bits per heavy atom. The van der Waals surface area contributed by atoms with Crippen LogP contribution in [0.1, 0.15) is 23.2 Å². The molecular formula is C19H20N2O2S. The molecule has 0 aliphatic carbocycles. The number of azo groups is 1. The fraction of sp³-hybridized carbons (Fsp3) is 0.211. The van der Waals surface area contributed by atoms with Crippen LogP contribution in [0, 0.1) is 0 Å². The molecule has 2 rings (SSSR count). The number of ether oxygens (including phenoxy) is 1. The number of esters is 1. The Morgan fingerprint density at radius 2 is 1.67 bits per heavy atom. The van der Waals surface area contributed by atoms with Gasteiger partial charge in [-0.05, 0) is 60.4 Å². The highest BCUT2D eigenvalue weighted by Crippen LogP contribution is 2.18. The molecular weight excluding hydrogens is 320 g/mol. The molecule has 24 heavy (non-hydrogen) atoms. The molecule has 2 aromatic carbocycles. The zero-order valence-electron chi connectivity index (χ0n) is 13.4. The number of rotatable bonds is 9.